The first kappa shape index (κ1) is 20.1. The lowest BCUT2D eigenvalue weighted by Crippen LogP contribution is -2.40. The van der Waals surface area contributed by atoms with Crippen molar-refractivity contribution in [2.75, 3.05) is 26.7 Å². The van der Waals surface area contributed by atoms with Crippen LogP contribution in [0.5, 0.6) is 0 Å². The average Bonchev–Trinajstić information content (AvgIpc) is 3.08. The molecular weight excluding hydrogens is 427 g/mol. The number of hydrogen-bond acceptors (Lipinski definition) is 5. The van der Waals surface area contributed by atoms with Crippen LogP contribution in [0.15, 0.2) is 11.2 Å². The van der Waals surface area contributed by atoms with Crippen LogP contribution >= 0.6 is 35.3 Å². The highest BCUT2D eigenvalue weighted by Gasteiger charge is 2.36. The van der Waals surface area contributed by atoms with E-state index in [4.69, 9.17) is 4.74 Å². The van der Waals surface area contributed by atoms with Crippen molar-refractivity contribution in [2.24, 2.45) is 16.8 Å². The molecule has 1 aromatic heterocycles. The van der Waals surface area contributed by atoms with Crippen LogP contribution in [-0.4, -0.2) is 48.6 Å². The lowest BCUT2D eigenvalue weighted by molar-refractivity contribution is -0.145. The summed E-state index contributed by atoms with van der Waals surface area (Å²) in [7, 11) is 1.45. The predicted octanol–water partition coefficient (Wildman–Crippen LogP) is 2.28. The summed E-state index contributed by atoms with van der Waals surface area (Å²) in [6.45, 7) is 8.98. The van der Waals surface area contributed by atoms with Crippen LogP contribution < -0.4 is 5.32 Å². The zero-order chi connectivity index (χ0) is 16.1. The Hall–Kier alpha value is -0.900. The minimum absolute atomic E-state index is 0. The van der Waals surface area contributed by atoms with Gasteiger partial charge in [0.05, 0.1) is 19.6 Å². The fourth-order valence-corrected chi connectivity index (χ4v) is 3.35. The highest BCUT2D eigenvalue weighted by molar-refractivity contribution is 14.0. The van der Waals surface area contributed by atoms with E-state index in [9.17, 15) is 4.79 Å². The summed E-state index contributed by atoms with van der Waals surface area (Å²) in [5, 5.41) is 4.30. The number of likely N-dealkylation sites (tertiary alicyclic amines) is 1. The van der Waals surface area contributed by atoms with E-state index in [1.165, 1.54) is 12.0 Å². The fraction of sp³-hybridized carbons (Fsp3) is 0.667. The van der Waals surface area contributed by atoms with Crippen LogP contribution in [0.4, 0.5) is 0 Å². The molecule has 0 aliphatic carbocycles. The number of aromatic nitrogens is 1. The highest BCUT2D eigenvalue weighted by atomic mass is 127. The number of carbonyl (C=O) groups is 1. The first-order valence-electron chi connectivity index (χ1n) is 7.57. The van der Waals surface area contributed by atoms with Crippen LogP contribution in [0, 0.1) is 18.8 Å². The van der Waals surface area contributed by atoms with E-state index >= 15 is 0 Å². The van der Waals surface area contributed by atoms with E-state index in [0.29, 0.717) is 13.1 Å². The topological polar surface area (TPSA) is 66.8 Å². The molecule has 0 amide bonds. The van der Waals surface area contributed by atoms with Crippen LogP contribution in [0.3, 0.4) is 0 Å². The van der Waals surface area contributed by atoms with Crippen LogP contribution in [0.25, 0.3) is 0 Å². The number of guanidine groups is 1. The maximum absolute atomic E-state index is 11.8. The number of aliphatic imine (C=N–C) groups is 1. The summed E-state index contributed by atoms with van der Waals surface area (Å²) in [5.41, 5.74) is 0. The van der Waals surface area contributed by atoms with Crippen molar-refractivity contribution in [1.29, 1.82) is 0 Å². The zero-order valence-electron chi connectivity index (χ0n) is 14.0. The van der Waals surface area contributed by atoms with Gasteiger partial charge in [0.15, 0.2) is 5.96 Å². The third kappa shape index (κ3) is 5.30. The van der Waals surface area contributed by atoms with Gasteiger partial charge in [0, 0.05) is 30.7 Å². The third-order valence-corrected chi connectivity index (χ3v) is 4.68. The Morgan fingerprint density at radius 1 is 1.57 bits per heavy atom. The molecule has 2 heterocycles. The van der Waals surface area contributed by atoms with E-state index in [0.717, 1.165) is 24.1 Å². The van der Waals surface area contributed by atoms with Gasteiger partial charge in [-0.05, 0) is 19.8 Å². The largest absolute Gasteiger partial charge is 0.469 e. The van der Waals surface area contributed by atoms with Gasteiger partial charge in [-0.2, -0.15) is 0 Å². The van der Waals surface area contributed by atoms with Crippen LogP contribution in [0.1, 0.15) is 23.7 Å². The minimum Gasteiger partial charge on any atom is -0.469 e. The molecule has 23 heavy (non-hydrogen) atoms. The van der Waals surface area contributed by atoms with Gasteiger partial charge in [-0.15, -0.1) is 35.3 Å². The number of carbonyl (C=O) groups excluding carboxylic acids is 1. The molecule has 2 unspecified atom stereocenters. The third-order valence-electron chi connectivity index (χ3n) is 3.78. The molecule has 1 fully saturated rings. The van der Waals surface area contributed by atoms with E-state index in [2.05, 4.69) is 27.1 Å². The van der Waals surface area contributed by atoms with Gasteiger partial charge in [-0.1, -0.05) is 6.92 Å². The molecule has 2 atom stereocenters. The molecule has 1 aliphatic heterocycles. The van der Waals surface area contributed by atoms with Crippen molar-refractivity contribution in [1.82, 2.24) is 15.2 Å². The van der Waals surface area contributed by atoms with Gasteiger partial charge >= 0.3 is 5.97 Å². The Bertz CT molecular complexity index is 549. The Kier molecular flexibility index (Phi) is 8.24. The number of hydrogen-bond donors (Lipinski definition) is 1. The number of aryl methyl sites for hydroxylation is 1. The minimum atomic E-state index is -0.138. The number of rotatable bonds is 4. The lowest BCUT2D eigenvalue weighted by atomic mass is 9.99. The second-order valence-corrected chi connectivity index (χ2v) is 6.87. The summed E-state index contributed by atoms with van der Waals surface area (Å²) in [6.07, 6.45) is 1.87. The first-order chi connectivity index (χ1) is 10.5. The van der Waals surface area contributed by atoms with Gasteiger partial charge in [0.1, 0.15) is 5.01 Å². The van der Waals surface area contributed by atoms with Crippen LogP contribution in [0.2, 0.25) is 0 Å². The quantitative estimate of drug-likeness (QED) is 0.329. The van der Waals surface area contributed by atoms with Crippen LogP contribution in [-0.2, 0) is 16.1 Å². The molecule has 8 heteroatoms. The SMILES string of the molecule is CCNC(=NCc1ncc(C)s1)N1CC(C)C(C(=O)OC)C1.I. The van der Waals surface area contributed by atoms with Gasteiger partial charge in [-0.3, -0.25) is 4.79 Å². The maximum Gasteiger partial charge on any atom is 0.310 e. The van der Waals surface area contributed by atoms with Crippen molar-refractivity contribution in [2.45, 2.75) is 27.3 Å². The Balaban J connectivity index is 0.00000264. The van der Waals surface area contributed by atoms with E-state index in [-0.39, 0.29) is 41.8 Å². The summed E-state index contributed by atoms with van der Waals surface area (Å²) in [6, 6.07) is 0. The molecule has 0 spiro atoms. The zero-order valence-corrected chi connectivity index (χ0v) is 17.2. The molecule has 0 saturated carbocycles. The number of ether oxygens (including phenoxy) is 1. The van der Waals surface area contributed by atoms with Gasteiger partial charge in [0.25, 0.3) is 0 Å². The molecule has 1 aliphatic rings. The van der Waals surface area contributed by atoms with Gasteiger partial charge in [-0.25, -0.2) is 9.98 Å². The molecule has 1 saturated heterocycles. The van der Waals surface area contributed by atoms with Gasteiger partial charge < -0.3 is 15.0 Å². The molecule has 130 valence electrons. The number of esters is 1. The summed E-state index contributed by atoms with van der Waals surface area (Å²) >= 11 is 1.66. The molecule has 1 N–H and O–H groups in total. The number of nitrogens with zero attached hydrogens (tertiary/aromatic N) is 3. The standard InChI is InChI=1S/C15H24N4O2S.HI/c1-5-16-15(18-7-13-17-6-11(3)22-13)19-8-10(2)12(9-19)14(20)21-4;/h6,10,12H,5,7-9H2,1-4H3,(H,16,18);1H. The van der Waals surface area contributed by atoms with Crippen molar-refractivity contribution in [3.8, 4) is 0 Å². The Labute approximate surface area is 158 Å². The second kappa shape index (κ2) is 9.41. The number of nitrogens with one attached hydrogen (secondary N) is 1. The molecule has 0 bridgehead atoms. The van der Waals surface area contributed by atoms with Crippen molar-refractivity contribution < 1.29 is 9.53 Å². The maximum atomic E-state index is 11.8. The average molecular weight is 452 g/mol. The summed E-state index contributed by atoms with van der Waals surface area (Å²) < 4.78 is 4.89. The van der Waals surface area contributed by atoms with Gasteiger partial charge in [0.2, 0.25) is 0 Å². The molecule has 6 nitrogen and oxygen atoms in total. The molecule has 2 rings (SSSR count). The Morgan fingerprint density at radius 2 is 2.30 bits per heavy atom. The Morgan fingerprint density at radius 3 is 2.87 bits per heavy atom. The normalized spacial score (nSPS) is 21.0. The fourth-order valence-electron chi connectivity index (χ4n) is 2.64. The lowest BCUT2D eigenvalue weighted by Gasteiger charge is -2.21. The number of thiazole rings is 1. The summed E-state index contributed by atoms with van der Waals surface area (Å²) in [5.74, 6) is 0.879. The summed E-state index contributed by atoms with van der Waals surface area (Å²) in [4.78, 5) is 24.1. The number of methoxy groups -OCH3 is 1. The van der Waals surface area contributed by atoms with E-state index in [1.54, 1.807) is 11.3 Å². The monoisotopic (exact) mass is 452 g/mol. The molecule has 0 aromatic carbocycles. The van der Waals surface area contributed by atoms with Crippen molar-refractivity contribution in [3.05, 3.63) is 16.1 Å². The first-order valence-corrected chi connectivity index (χ1v) is 8.39. The van der Waals surface area contributed by atoms with Crippen molar-refractivity contribution >= 4 is 47.2 Å². The molecule has 1 aromatic rings. The van der Waals surface area contributed by atoms with E-state index < -0.39 is 0 Å². The van der Waals surface area contributed by atoms with E-state index in [1.807, 2.05) is 20.0 Å². The highest BCUT2D eigenvalue weighted by Crippen LogP contribution is 2.24. The second-order valence-electron chi connectivity index (χ2n) is 5.55. The predicted molar refractivity (Wildman–Crippen MR) is 103 cm³/mol. The smallest absolute Gasteiger partial charge is 0.310 e. The molecule has 0 radical (unpaired) electrons. The number of halogens is 1. The molecular formula is C15H25IN4O2S. The van der Waals surface area contributed by atoms with Crippen molar-refractivity contribution in [3.63, 3.8) is 0 Å².